The van der Waals surface area contributed by atoms with Gasteiger partial charge in [0.15, 0.2) is 0 Å². The van der Waals surface area contributed by atoms with Crippen molar-refractivity contribution in [2.75, 3.05) is 6.54 Å². The van der Waals surface area contributed by atoms with Crippen molar-refractivity contribution in [1.29, 1.82) is 0 Å². The Hall–Kier alpha value is -1.81. The number of carbonyl (C=O) groups excluding carboxylic acids is 1. The summed E-state index contributed by atoms with van der Waals surface area (Å²) in [6.07, 6.45) is 5.10. The Morgan fingerprint density at radius 1 is 1.38 bits per heavy atom. The summed E-state index contributed by atoms with van der Waals surface area (Å²) in [5.74, 6) is 0.256. The summed E-state index contributed by atoms with van der Waals surface area (Å²) in [6, 6.07) is 8.12. The summed E-state index contributed by atoms with van der Waals surface area (Å²) in [4.78, 5) is 12.1. The molecule has 1 saturated carbocycles. The van der Waals surface area contributed by atoms with Crippen molar-refractivity contribution >= 4 is 16.8 Å². The number of hydrogen-bond acceptors (Lipinski definition) is 2. The maximum absolute atomic E-state index is 12.1. The van der Waals surface area contributed by atoms with Crippen molar-refractivity contribution in [3.63, 3.8) is 0 Å². The van der Waals surface area contributed by atoms with Crippen LogP contribution in [-0.2, 0) is 18.3 Å². The van der Waals surface area contributed by atoms with Crippen LogP contribution in [0.15, 0.2) is 30.5 Å². The zero-order chi connectivity index (χ0) is 14.8. The largest absolute Gasteiger partial charge is 0.393 e. The van der Waals surface area contributed by atoms with E-state index in [4.69, 9.17) is 0 Å². The molecule has 1 fully saturated rings. The van der Waals surface area contributed by atoms with Gasteiger partial charge in [0.05, 0.1) is 12.5 Å². The summed E-state index contributed by atoms with van der Waals surface area (Å²) < 4.78 is 2.05. The quantitative estimate of drug-likeness (QED) is 0.903. The first-order valence-electron chi connectivity index (χ1n) is 7.63. The molecular formula is C17H22N2O2. The SMILES string of the molecule is Cn1cc(CC(=O)NCC2CCCC2O)c2ccccc21. The van der Waals surface area contributed by atoms with Gasteiger partial charge in [-0.25, -0.2) is 0 Å². The molecule has 1 heterocycles. The molecule has 112 valence electrons. The normalized spacial score (nSPS) is 21.8. The number of aryl methyl sites for hydroxylation is 1. The number of aromatic nitrogens is 1. The van der Waals surface area contributed by atoms with Crippen molar-refractivity contribution in [2.45, 2.75) is 31.8 Å². The lowest BCUT2D eigenvalue weighted by molar-refractivity contribution is -0.120. The molecular weight excluding hydrogens is 264 g/mol. The molecule has 1 aliphatic rings. The van der Waals surface area contributed by atoms with Crippen LogP contribution in [0.3, 0.4) is 0 Å². The molecule has 2 atom stereocenters. The second kappa shape index (κ2) is 5.90. The monoisotopic (exact) mass is 286 g/mol. The molecule has 0 aliphatic heterocycles. The van der Waals surface area contributed by atoms with Crippen molar-refractivity contribution in [2.24, 2.45) is 13.0 Å². The van der Waals surface area contributed by atoms with E-state index in [1.807, 2.05) is 25.4 Å². The fourth-order valence-electron chi connectivity index (χ4n) is 3.30. The first-order valence-corrected chi connectivity index (χ1v) is 7.63. The average molecular weight is 286 g/mol. The number of nitrogens with one attached hydrogen (secondary N) is 1. The van der Waals surface area contributed by atoms with Gasteiger partial charge in [-0.2, -0.15) is 0 Å². The van der Waals surface area contributed by atoms with Crippen molar-refractivity contribution < 1.29 is 9.90 Å². The van der Waals surface area contributed by atoms with Crippen LogP contribution in [0.25, 0.3) is 10.9 Å². The Morgan fingerprint density at radius 2 is 2.19 bits per heavy atom. The van der Waals surface area contributed by atoms with Gasteiger partial charge in [0.1, 0.15) is 0 Å². The number of nitrogens with zero attached hydrogens (tertiary/aromatic N) is 1. The zero-order valence-corrected chi connectivity index (χ0v) is 12.4. The Kier molecular flexibility index (Phi) is 3.97. The van der Waals surface area contributed by atoms with Crippen molar-refractivity contribution in [1.82, 2.24) is 9.88 Å². The third kappa shape index (κ3) is 2.95. The van der Waals surface area contributed by atoms with E-state index in [-0.39, 0.29) is 17.9 Å². The summed E-state index contributed by atoms with van der Waals surface area (Å²) >= 11 is 0. The van der Waals surface area contributed by atoms with Gasteiger partial charge in [-0.1, -0.05) is 24.6 Å². The van der Waals surface area contributed by atoms with Crippen LogP contribution >= 0.6 is 0 Å². The third-order valence-corrected chi connectivity index (χ3v) is 4.51. The second-order valence-corrected chi connectivity index (χ2v) is 6.02. The van der Waals surface area contributed by atoms with Crippen molar-refractivity contribution in [3.05, 3.63) is 36.0 Å². The van der Waals surface area contributed by atoms with E-state index in [0.717, 1.165) is 35.7 Å². The molecule has 2 N–H and O–H groups in total. The maximum Gasteiger partial charge on any atom is 0.224 e. The van der Waals surface area contributed by atoms with Crippen LogP contribution in [0, 0.1) is 5.92 Å². The van der Waals surface area contributed by atoms with Gasteiger partial charge in [0, 0.05) is 36.6 Å². The minimum absolute atomic E-state index is 0.0328. The van der Waals surface area contributed by atoms with Crippen LogP contribution in [-0.4, -0.2) is 28.2 Å². The first kappa shape index (κ1) is 14.1. The topological polar surface area (TPSA) is 54.3 Å². The molecule has 2 aromatic rings. The van der Waals surface area contributed by atoms with Crippen LogP contribution in [0.5, 0.6) is 0 Å². The minimum atomic E-state index is -0.247. The van der Waals surface area contributed by atoms with Gasteiger partial charge in [-0.05, 0) is 24.5 Å². The number of rotatable bonds is 4. The van der Waals surface area contributed by atoms with E-state index in [1.54, 1.807) is 0 Å². The summed E-state index contributed by atoms with van der Waals surface area (Å²) in [6.45, 7) is 0.588. The Morgan fingerprint density at radius 3 is 2.95 bits per heavy atom. The molecule has 0 bridgehead atoms. The highest BCUT2D eigenvalue weighted by molar-refractivity contribution is 5.89. The van der Waals surface area contributed by atoms with Gasteiger partial charge in [0.25, 0.3) is 0 Å². The molecule has 2 unspecified atom stereocenters. The smallest absolute Gasteiger partial charge is 0.224 e. The molecule has 1 aliphatic carbocycles. The number of aliphatic hydroxyl groups excluding tert-OH is 1. The van der Waals surface area contributed by atoms with Crippen LogP contribution < -0.4 is 5.32 Å². The maximum atomic E-state index is 12.1. The lowest BCUT2D eigenvalue weighted by Gasteiger charge is -2.14. The number of amides is 1. The Bertz CT molecular complexity index is 647. The number of aliphatic hydroxyl groups is 1. The number of hydrogen-bond donors (Lipinski definition) is 2. The van der Waals surface area contributed by atoms with Gasteiger partial charge >= 0.3 is 0 Å². The Labute approximate surface area is 124 Å². The predicted octanol–water partition coefficient (Wildman–Crippen LogP) is 2.00. The molecule has 1 amide bonds. The van der Waals surface area contributed by atoms with Gasteiger partial charge in [0.2, 0.25) is 5.91 Å². The number of para-hydroxylation sites is 1. The minimum Gasteiger partial charge on any atom is -0.393 e. The highest BCUT2D eigenvalue weighted by atomic mass is 16.3. The summed E-state index contributed by atoms with van der Waals surface area (Å²) in [5.41, 5.74) is 2.20. The van der Waals surface area contributed by atoms with E-state index in [2.05, 4.69) is 22.0 Å². The third-order valence-electron chi connectivity index (χ3n) is 4.51. The van der Waals surface area contributed by atoms with Gasteiger partial charge in [-0.3, -0.25) is 4.79 Å². The molecule has 0 saturated heterocycles. The van der Waals surface area contributed by atoms with Crippen LogP contribution in [0.2, 0.25) is 0 Å². The van der Waals surface area contributed by atoms with E-state index < -0.39 is 0 Å². The predicted molar refractivity (Wildman–Crippen MR) is 83.0 cm³/mol. The van der Waals surface area contributed by atoms with E-state index >= 15 is 0 Å². The molecule has 1 aromatic carbocycles. The van der Waals surface area contributed by atoms with Crippen molar-refractivity contribution in [3.8, 4) is 0 Å². The van der Waals surface area contributed by atoms with Crippen LogP contribution in [0.1, 0.15) is 24.8 Å². The Balaban J connectivity index is 1.64. The lowest BCUT2D eigenvalue weighted by atomic mass is 10.1. The van der Waals surface area contributed by atoms with Gasteiger partial charge < -0.3 is 15.0 Å². The molecule has 1 aromatic heterocycles. The molecule has 0 radical (unpaired) electrons. The summed E-state index contributed by atoms with van der Waals surface area (Å²) in [7, 11) is 2.00. The van der Waals surface area contributed by atoms with E-state index in [9.17, 15) is 9.90 Å². The number of fused-ring (bicyclic) bond motifs is 1. The highest BCUT2D eigenvalue weighted by Gasteiger charge is 2.25. The van der Waals surface area contributed by atoms with Gasteiger partial charge in [-0.15, -0.1) is 0 Å². The fraction of sp³-hybridized carbons (Fsp3) is 0.471. The number of benzene rings is 1. The standard InChI is InChI=1S/C17H22N2O2/c1-19-11-13(14-6-2-3-7-15(14)19)9-17(21)18-10-12-5-4-8-16(12)20/h2-3,6-7,11-12,16,20H,4-5,8-10H2,1H3,(H,18,21). The van der Waals surface area contributed by atoms with Crippen LogP contribution in [0.4, 0.5) is 0 Å². The molecule has 0 spiro atoms. The summed E-state index contributed by atoms with van der Waals surface area (Å²) in [5, 5.41) is 13.9. The molecule has 21 heavy (non-hydrogen) atoms. The van der Waals surface area contributed by atoms with E-state index in [0.29, 0.717) is 13.0 Å². The average Bonchev–Trinajstić information content (AvgIpc) is 3.02. The lowest BCUT2D eigenvalue weighted by Crippen LogP contribution is -2.33. The highest BCUT2D eigenvalue weighted by Crippen LogP contribution is 2.25. The van der Waals surface area contributed by atoms with E-state index in [1.165, 1.54) is 0 Å². The number of carbonyl (C=O) groups is 1. The fourth-order valence-corrected chi connectivity index (χ4v) is 3.30. The molecule has 3 rings (SSSR count). The first-order chi connectivity index (χ1) is 10.1. The zero-order valence-electron chi connectivity index (χ0n) is 12.4. The second-order valence-electron chi connectivity index (χ2n) is 6.02. The molecule has 4 nitrogen and oxygen atoms in total. The molecule has 4 heteroatoms.